The number of hydrogen-bond donors (Lipinski definition) is 0. The van der Waals surface area contributed by atoms with E-state index >= 15 is 0 Å². The largest absolute Gasteiger partial charge is 0.400 e. The van der Waals surface area contributed by atoms with Crippen LogP contribution in [0.3, 0.4) is 0 Å². The van der Waals surface area contributed by atoms with E-state index < -0.39 is 45.2 Å². The molecule has 0 aromatic heterocycles. The lowest BCUT2D eigenvalue weighted by atomic mass is 9.97. The van der Waals surface area contributed by atoms with Crippen molar-refractivity contribution in [1.82, 2.24) is 0 Å². The van der Waals surface area contributed by atoms with Crippen LogP contribution >= 0.6 is 0 Å². The van der Waals surface area contributed by atoms with Crippen LogP contribution in [-0.2, 0) is 8.85 Å². The smallest absolute Gasteiger partial charge is 0.381 e. The Morgan fingerprint density at radius 2 is 1.24 bits per heavy atom. The summed E-state index contributed by atoms with van der Waals surface area (Å²) in [5.74, 6) is -24.6. The summed E-state index contributed by atoms with van der Waals surface area (Å²) in [4.78, 5) is 0. The molecule has 0 heterocycles. The summed E-state index contributed by atoms with van der Waals surface area (Å²) < 4.78 is 126. The zero-order chi connectivity index (χ0) is 17.3. The van der Waals surface area contributed by atoms with Crippen LogP contribution in [0.1, 0.15) is 6.92 Å². The second-order valence-corrected chi connectivity index (χ2v) is 6.41. The van der Waals surface area contributed by atoms with Crippen molar-refractivity contribution in [2.45, 2.75) is 42.8 Å². The number of hydrogen-bond acceptors (Lipinski definition) is 2. The molecule has 0 rings (SSSR count). The van der Waals surface area contributed by atoms with Crippen molar-refractivity contribution < 1.29 is 48.4 Å². The van der Waals surface area contributed by atoms with E-state index in [0.717, 1.165) is 14.2 Å². The minimum atomic E-state index is -6.60. The Balaban J connectivity index is 5.62. The molecule has 0 aromatic rings. The van der Waals surface area contributed by atoms with Crippen molar-refractivity contribution in [3.63, 3.8) is 0 Å². The quantitative estimate of drug-likeness (QED) is 0.492. The topological polar surface area (TPSA) is 18.5 Å². The highest BCUT2D eigenvalue weighted by Crippen LogP contribution is 2.55. The first-order chi connectivity index (χ1) is 9.19. The fourth-order valence-electron chi connectivity index (χ4n) is 1.29. The van der Waals surface area contributed by atoms with Gasteiger partial charge in [-0.3, -0.25) is 0 Å². The SMILES string of the molecule is CO[SiH](CC(F)(F)C(F)(F)C(F)(F)C(F)(F)C(C)F)OC. The summed E-state index contributed by atoms with van der Waals surface area (Å²) in [7, 11) is -1.85. The molecule has 0 aromatic carbocycles. The van der Waals surface area contributed by atoms with E-state index in [9.17, 15) is 39.5 Å². The van der Waals surface area contributed by atoms with Gasteiger partial charge < -0.3 is 8.85 Å². The Morgan fingerprint density at radius 3 is 1.52 bits per heavy atom. The number of halogens is 9. The highest BCUT2D eigenvalue weighted by Gasteiger charge is 2.81. The molecular weight excluding hydrogens is 339 g/mol. The molecule has 0 saturated heterocycles. The lowest BCUT2D eigenvalue weighted by molar-refractivity contribution is -0.371. The van der Waals surface area contributed by atoms with Crippen molar-refractivity contribution >= 4 is 9.28 Å². The highest BCUT2D eigenvalue weighted by atomic mass is 28.3. The van der Waals surface area contributed by atoms with Crippen LogP contribution in [0.2, 0.25) is 6.04 Å². The summed E-state index contributed by atoms with van der Waals surface area (Å²) in [6, 6.07) is -1.99. The summed E-state index contributed by atoms with van der Waals surface area (Å²) in [5.41, 5.74) is 0. The Kier molecular flexibility index (Phi) is 6.17. The zero-order valence-corrected chi connectivity index (χ0v) is 12.2. The lowest BCUT2D eigenvalue weighted by Crippen LogP contribution is -2.65. The van der Waals surface area contributed by atoms with Gasteiger partial charge >= 0.3 is 33.0 Å². The maximum atomic E-state index is 13.3. The second kappa shape index (κ2) is 6.32. The van der Waals surface area contributed by atoms with Crippen molar-refractivity contribution in [3.8, 4) is 0 Å². The first kappa shape index (κ1) is 20.5. The van der Waals surface area contributed by atoms with Gasteiger partial charge in [0.05, 0.1) is 6.04 Å². The third-order valence-electron chi connectivity index (χ3n) is 2.72. The molecule has 0 aliphatic heterocycles. The minimum absolute atomic E-state index is 0.135. The normalized spacial score (nSPS) is 16.4. The van der Waals surface area contributed by atoms with Crippen molar-refractivity contribution in [1.29, 1.82) is 0 Å². The Labute approximate surface area is 116 Å². The second-order valence-electron chi connectivity index (χ2n) is 4.20. The molecule has 2 nitrogen and oxygen atoms in total. The Hall–Kier alpha value is -0.493. The number of rotatable bonds is 8. The van der Waals surface area contributed by atoms with Crippen molar-refractivity contribution in [3.05, 3.63) is 0 Å². The molecule has 0 saturated carbocycles. The van der Waals surface area contributed by atoms with Gasteiger partial charge in [-0.15, -0.1) is 0 Å². The molecule has 0 spiro atoms. The predicted molar refractivity (Wildman–Crippen MR) is 56.3 cm³/mol. The van der Waals surface area contributed by atoms with Crippen LogP contribution in [0, 0.1) is 0 Å². The van der Waals surface area contributed by atoms with E-state index in [1.165, 1.54) is 0 Å². The molecule has 0 aliphatic carbocycles. The van der Waals surface area contributed by atoms with Gasteiger partial charge in [-0.2, -0.15) is 35.1 Å². The number of alkyl halides is 9. The standard InChI is InChI=1S/C9H13F9O2Si/c1-5(10)7(13,14)9(17,18)8(15,16)6(11,12)4-21(19-2)20-3/h5,21H,4H2,1-3H3. The van der Waals surface area contributed by atoms with E-state index in [-0.39, 0.29) is 6.92 Å². The molecule has 1 atom stereocenters. The van der Waals surface area contributed by atoms with E-state index in [4.69, 9.17) is 0 Å². The van der Waals surface area contributed by atoms with Gasteiger partial charge in [0, 0.05) is 14.2 Å². The molecule has 12 heteroatoms. The van der Waals surface area contributed by atoms with Crippen molar-refractivity contribution in [2.24, 2.45) is 0 Å². The van der Waals surface area contributed by atoms with E-state index in [1.54, 1.807) is 0 Å². The van der Waals surface area contributed by atoms with Crippen LogP contribution in [0.4, 0.5) is 39.5 Å². The van der Waals surface area contributed by atoms with Gasteiger partial charge in [0.25, 0.3) is 0 Å². The molecule has 128 valence electrons. The van der Waals surface area contributed by atoms with Crippen LogP contribution in [0.5, 0.6) is 0 Å². The van der Waals surface area contributed by atoms with Gasteiger partial charge in [0.2, 0.25) is 0 Å². The first-order valence-corrected chi connectivity index (χ1v) is 7.16. The molecule has 0 radical (unpaired) electrons. The molecule has 0 N–H and O–H groups in total. The monoisotopic (exact) mass is 352 g/mol. The Bertz CT molecular complexity index is 344. The van der Waals surface area contributed by atoms with Crippen LogP contribution < -0.4 is 0 Å². The fourth-order valence-corrected chi connectivity index (χ4v) is 2.49. The van der Waals surface area contributed by atoms with E-state index in [2.05, 4.69) is 8.85 Å². The summed E-state index contributed by atoms with van der Waals surface area (Å²) >= 11 is 0. The van der Waals surface area contributed by atoms with Gasteiger partial charge in [-0.05, 0) is 6.92 Å². The van der Waals surface area contributed by atoms with Crippen LogP contribution in [0.25, 0.3) is 0 Å². The van der Waals surface area contributed by atoms with Gasteiger partial charge in [-0.1, -0.05) is 0 Å². The third-order valence-corrected chi connectivity index (χ3v) is 4.62. The van der Waals surface area contributed by atoms with Crippen molar-refractivity contribution in [2.75, 3.05) is 14.2 Å². The Morgan fingerprint density at radius 1 is 0.857 bits per heavy atom. The average molecular weight is 352 g/mol. The summed E-state index contributed by atoms with van der Waals surface area (Å²) in [6.07, 6.45) is -3.76. The summed E-state index contributed by atoms with van der Waals surface area (Å²) in [6.45, 7) is -0.135. The van der Waals surface area contributed by atoms with E-state index in [1.807, 2.05) is 0 Å². The van der Waals surface area contributed by atoms with Crippen LogP contribution in [-0.4, -0.2) is 53.4 Å². The maximum Gasteiger partial charge on any atom is 0.381 e. The maximum absolute atomic E-state index is 13.3. The first-order valence-electron chi connectivity index (χ1n) is 5.40. The lowest BCUT2D eigenvalue weighted by Gasteiger charge is -2.37. The zero-order valence-electron chi connectivity index (χ0n) is 11.1. The average Bonchev–Trinajstić information content (AvgIpc) is 2.34. The molecular formula is C9H13F9O2Si. The van der Waals surface area contributed by atoms with E-state index in [0.29, 0.717) is 0 Å². The molecule has 1 unspecified atom stereocenters. The molecule has 0 bridgehead atoms. The molecule has 0 aliphatic rings. The fraction of sp³-hybridized carbons (Fsp3) is 1.00. The molecule has 0 amide bonds. The van der Waals surface area contributed by atoms with Crippen LogP contribution in [0.15, 0.2) is 0 Å². The summed E-state index contributed by atoms with van der Waals surface area (Å²) in [5, 5.41) is 0. The highest BCUT2D eigenvalue weighted by molar-refractivity contribution is 6.44. The molecule has 0 fully saturated rings. The minimum Gasteiger partial charge on any atom is -0.400 e. The molecule has 21 heavy (non-hydrogen) atoms. The van der Waals surface area contributed by atoms with Gasteiger partial charge in [0.1, 0.15) is 0 Å². The predicted octanol–water partition coefficient (Wildman–Crippen LogP) is 3.40. The third kappa shape index (κ3) is 3.47. The van der Waals surface area contributed by atoms with Gasteiger partial charge in [-0.25, -0.2) is 4.39 Å². The van der Waals surface area contributed by atoms with Gasteiger partial charge in [0.15, 0.2) is 6.17 Å².